The molecule has 0 unspecified atom stereocenters. The summed E-state index contributed by atoms with van der Waals surface area (Å²) in [6.45, 7) is -0.652. The van der Waals surface area contributed by atoms with E-state index in [9.17, 15) is 22.8 Å². The van der Waals surface area contributed by atoms with Gasteiger partial charge in [0, 0.05) is 0 Å². The number of aromatic nitrogens is 1. The Morgan fingerprint density at radius 3 is 2.54 bits per heavy atom. The standard InChI is InChI=1S/C16H9F3N2O4S/c17-9-5-10-14(13(19)12(9)18)21-16(26-10)20-11(23)6-25-15(24)7-1-3-8(22)4-2-7/h1-5,22H,6H2,(H,20,21,23). The molecule has 0 atom stereocenters. The van der Waals surface area contributed by atoms with Gasteiger partial charge in [0.1, 0.15) is 11.3 Å². The second-order valence-corrected chi connectivity index (χ2v) is 6.05. The summed E-state index contributed by atoms with van der Waals surface area (Å²) in [5.74, 6) is -6.05. The number of benzene rings is 2. The van der Waals surface area contributed by atoms with Crippen molar-refractivity contribution in [3.05, 3.63) is 53.3 Å². The Morgan fingerprint density at radius 1 is 1.15 bits per heavy atom. The molecule has 0 radical (unpaired) electrons. The zero-order valence-electron chi connectivity index (χ0n) is 12.8. The van der Waals surface area contributed by atoms with Gasteiger partial charge in [0.2, 0.25) is 0 Å². The van der Waals surface area contributed by atoms with Crippen molar-refractivity contribution >= 4 is 38.6 Å². The van der Waals surface area contributed by atoms with Crippen LogP contribution in [0, 0.1) is 17.5 Å². The molecule has 1 heterocycles. The highest BCUT2D eigenvalue weighted by molar-refractivity contribution is 7.22. The molecule has 0 bridgehead atoms. The zero-order chi connectivity index (χ0) is 18.8. The number of esters is 1. The minimum absolute atomic E-state index is 0.0118. The number of phenolic OH excluding ortho intramolecular Hbond substituents is 1. The zero-order valence-corrected chi connectivity index (χ0v) is 13.6. The van der Waals surface area contributed by atoms with Crippen molar-refractivity contribution < 1.29 is 32.6 Å². The van der Waals surface area contributed by atoms with Crippen molar-refractivity contribution in [3.63, 3.8) is 0 Å². The molecular formula is C16H9F3N2O4S. The summed E-state index contributed by atoms with van der Waals surface area (Å²) < 4.78 is 44.8. The van der Waals surface area contributed by atoms with Crippen LogP contribution in [0.2, 0.25) is 0 Å². The lowest BCUT2D eigenvalue weighted by Gasteiger charge is -2.04. The number of carbonyl (C=O) groups excluding carboxylic acids is 2. The van der Waals surface area contributed by atoms with E-state index in [1.807, 2.05) is 0 Å². The van der Waals surface area contributed by atoms with E-state index in [1.54, 1.807) is 0 Å². The van der Waals surface area contributed by atoms with Crippen LogP contribution in [0.25, 0.3) is 10.2 Å². The molecule has 1 amide bonds. The highest BCUT2D eigenvalue weighted by Gasteiger charge is 2.18. The van der Waals surface area contributed by atoms with Crippen LogP contribution in [0.15, 0.2) is 30.3 Å². The largest absolute Gasteiger partial charge is 0.508 e. The van der Waals surface area contributed by atoms with E-state index in [1.165, 1.54) is 24.3 Å². The number of nitrogens with one attached hydrogen (secondary N) is 1. The van der Waals surface area contributed by atoms with Crippen LogP contribution >= 0.6 is 11.3 Å². The third-order valence-corrected chi connectivity index (χ3v) is 4.12. The Balaban J connectivity index is 1.65. The number of fused-ring (bicyclic) bond motifs is 1. The Morgan fingerprint density at radius 2 is 1.85 bits per heavy atom. The van der Waals surface area contributed by atoms with E-state index in [0.717, 1.165) is 17.4 Å². The van der Waals surface area contributed by atoms with Crippen LogP contribution in [-0.4, -0.2) is 28.6 Å². The van der Waals surface area contributed by atoms with Gasteiger partial charge >= 0.3 is 5.97 Å². The maximum absolute atomic E-state index is 13.6. The van der Waals surface area contributed by atoms with Gasteiger partial charge in [-0.25, -0.2) is 22.9 Å². The van der Waals surface area contributed by atoms with E-state index >= 15 is 0 Å². The number of nitrogens with zero attached hydrogens (tertiary/aromatic N) is 1. The molecule has 0 fully saturated rings. The van der Waals surface area contributed by atoms with Crippen LogP contribution in [0.1, 0.15) is 10.4 Å². The van der Waals surface area contributed by atoms with Crippen LogP contribution in [0.4, 0.5) is 18.3 Å². The Labute approximate surface area is 147 Å². The SMILES string of the molecule is O=C(COC(=O)c1ccc(O)cc1)Nc1nc2c(F)c(F)c(F)cc2s1. The average Bonchev–Trinajstić information content (AvgIpc) is 3.00. The van der Waals surface area contributed by atoms with Gasteiger partial charge in [-0.15, -0.1) is 0 Å². The highest BCUT2D eigenvalue weighted by atomic mass is 32.1. The maximum atomic E-state index is 13.6. The molecule has 6 nitrogen and oxygen atoms in total. The van der Waals surface area contributed by atoms with Crippen molar-refractivity contribution in [2.75, 3.05) is 11.9 Å². The molecule has 3 aromatic rings. The fourth-order valence-electron chi connectivity index (χ4n) is 2.00. The van der Waals surface area contributed by atoms with Gasteiger partial charge in [0.25, 0.3) is 5.91 Å². The van der Waals surface area contributed by atoms with Gasteiger partial charge in [0.05, 0.1) is 10.3 Å². The molecule has 0 saturated heterocycles. The number of phenols is 1. The molecule has 3 rings (SSSR count). The lowest BCUT2D eigenvalue weighted by atomic mass is 10.2. The quantitative estimate of drug-likeness (QED) is 0.534. The minimum atomic E-state index is -1.65. The second kappa shape index (κ2) is 7.00. The van der Waals surface area contributed by atoms with E-state index in [-0.39, 0.29) is 21.1 Å². The van der Waals surface area contributed by atoms with Crippen LogP contribution in [0.3, 0.4) is 0 Å². The summed E-state index contributed by atoms with van der Waals surface area (Å²) in [6.07, 6.45) is 0. The molecule has 0 spiro atoms. The number of amides is 1. The number of halogens is 3. The predicted molar refractivity (Wildman–Crippen MR) is 86.5 cm³/mol. The van der Waals surface area contributed by atoms with Gasteiger partial charge in [-0.1, -0.05) is 11.3 Å². The molecular weight excluding hydrogens is 373 g/mol. The molecule has 134 valence electrons. The molecule has 0 aliphatic carbocycles. The van der Waals surface area contributed by atoms with Crippen molar-refractivity contribution in [2.24, 2.45) is 0 Å². The number of ether oxygens (including phenoxy) is 1. The Hall–Kier alpha value is -3.14. The molecule has 1 aromatic heterocycles. The number of carbonyl (C=O) groups is 2. The number of aromatic hydroxyl groups is 1. The Kier molecular flexibility index (Phi) is 4.76. The minimum Gasteiger partial charge on any atom is -0.508 e. The van der Waals surface area contributed by atoms with Crippen molar-refractivity contribution in [1.82, 2.24) is 4.98 Å². The maximum Gasteiger partial charge on any atom is 0.338 e. The smallest absolute Gasteiger partial charge is 0.338 e. The molecule has 0 aliphatic heterocycles. The molecule has 26 heavy (non-hydrogen) atoms. The monoisotopic (exact) mass is 382 g/mol. The van der Waals surface area contributed by atoms with Crippen LogP contribution in [-0.2, 0) is 9.53 Å². The summed E-state index contributed by atoms with van der Waals surface area (Å²) in [4.78, 5) is 27.2. The van der Waals surface area contributed by atoms with Gasteiger partial charge in [-0.2, -0.15) is 0 Å². The predicted octanol–water partition coefficient (Wildman–Crippen LogP) is 3.21. The van der Waals surface area contributed by atoms with Crippen LogP contribution < -0.4 is 5.32 Å². The summed E-state index contributed by atoms with van der Waals surface area (Å²) in [5, 5.41) is 11.3. The van der Waals surface area contributed by atoms with Crippen molar-refractivity contribution in [1.29, 1.82) is 0 Å². The van der Waals surface area contributed by atoms with Gasteiger partial charge in [-0.05, 0) is 30.3 Å². The first-order valence-corrected chi connectivity index (χ1v) is 7.87. The van der Waals surface area contributed by atoms with E-state index in [0.29, 0.717) is 0 Å². The van der Waals surface area contributed by atoms with Crippen LogP contribution in [0.5, 0.6) is 5.75 Å². The first-order valence-electron chi connectivity index (χ1n) is 7.05. The molecule has 0 saturated carbocycles. The second-order valence-electron chi connectivity index (χ2n) is 5.02. The van der Waals surface area contributed by atoms with Gasteiger partial charge in [0.15, 0.2) is 29.2 Å². The fourth-order valence-corrected chi connectivity index (χ4v) is 2.90. The van der Waals surface area contributed by atoms with Crippen molar-refractivity contribution in [2.45, 2.75) is 0 Å². The summed E-state index contributed by atoms with van der Waals surface area (Å²) >= 11 is 0.737. The van der Waals surface area contributed by atoms with E-state index in [2.05, 4.69) is 10.3 Å². The summed E-state index contributed by atoms with van der Waals surface area (Å²) in [6, 6.07) is 5.96. The number of thiazole rings is 1. The molecule has 2 N–H and O–H groups in total. The first kappa shape index (κ1) is 17.7. The van der Waals surface area contributed by atoms with Crippen molar-refractivity contribution in [3.8, 4) is 5.75 Å². The average molecular weight is 382 g/mol. The number of anilines is 1. The fraction of sp³-hybridized carbons (Fsp3) is 0.0625. The lowest BCUT2D eigenvalue weighted by molar-refractivity contribution is -0.119. The molecule has 2 aromatic carbocycles. The third kappa shape index (κ3) is 3.59. The summed E-state index contributed by atoms with van der Waals surface area (Å²) in [7, 11) is 0. The number of hydrogen-bond donors (Lipinski definition) is 2. The third-order valence-electron chi connectivity index (χ3n) is 3.21. The van der Waals surface area contributed by atoms with Gasteiger partial charge in [-0.3, -0.25) is 10.1 Å². The van der Waals surface area contributed by atoms with E-state index in [4.69, 9.17) is 9.84 Å². The Bertz CT molecular complexity index is 1000. The lowest BCUT2D eigenvalue weighted by Crippen LogP contribution is -2.20. The van der Waals surface area contributed by atoms with Gasteiger partial charge < -0.3 is 9.84 Å². The van der Waals surface area contributed by atoms with E-state index < -0.39 is 41.5 Å². The number of hydrogen-bond acceptors (Lipinski definition) is 6. The highest BCUT2D eigenvalue weighted by Crippen LogP contribution is 2.30. The topological polar surface area (TPSA) is 88.5 Å². The molecule has 10 heteroatoms. The normalized spacial score (nSPS) is 10.7. The molecule has 0 aliphatic rings. The summed E-state index contributed by atoms with van der Waals surface area (Å²) in [5.41, 5.74) is -0.283. The number of rotatable bonds is 4. The first-order chi connectivity index (χ1) is 12.3.